The molecule has 1 aliphatic rings. The first kappa shape index (κ1) is 20.0. The molecule has 1 aliphatic heterocycles. The molecule has 2 amide bonds. The Morgan fingerprint density at radius 1 is 1.38 bits per heavy atom. The summed E-state index contributed by atoms with van der Waals surface area (Å²) in [5.74, 6) is 0.344. The lowest BCUT2D eigenvalue weighted by molar-refractivity contribution is -0.135. The number of halogens is 1. The zero-order valence-electron chi connectivity index (χ0n) is 15.3. The standard InChI is InChI=1S/C18H24ClN3O4/c1-10(2)9-20-17(23)11(3)21-18(24)16-8-15(22-26-16)13-7-12(25-4)5-6-14(13)19/h5-7,10-11,16H,8-9H2,1-4H3,(H,20,23)(H,21,24). The van der Waals surface area contributed by atoms with Crippen molar-refractivity contribution in [2.45, 2.75) is 39.3 Å². The summed E-state index contributed by atoms with van der Waals surface area (Å²) < 4.78 is 5.18. The SMILES string of the molecule is COc1ccc(Cl)c(C2=NOC(C(=O)NC(C)C(=O)NCC(C)C)C2)c1. The first-order chi connectivity index (χ1) is 12.3. The van der Waals surface area contributed by atoms with E-state index in [9.17, 15) is 9.59 Å². The Balaban J connectivity index is 1.93. The number of amides is 2. The van der Waals surface area contributed by atoms with Crippen LogP contribution < -0.4 is 15.4 Å². The second-order valence-electron chi connectivity index (χ2n) is 6.55. The molecule has 0 aromatic heterocycles. The van der Waals surface area contributed by atoms with Crippen molar-refractivity contribution in [3.05, 3.63) is 28.8 Å². The van der Waals surface area contributed by atoms with Crippen LogP contribution >= 0.6 is 11.6 Å². The number of nitrogens with one attached hydrogen (secondary N) is 2. The van der Waals surface area contributed by atoms with Crippen molar-refractivity contribution in [2.24, 2.45) is 11.1 Å². The van der Waals surface area contributed by atoms with Crippen LogP contribution in [0.4, 0.5) is 0 Å². The van der Waals surface area contributed by atoms with Crippen molar-refractivity contribution in [3.63, 3.8) is 0 Å². The maximum Gasteiger partial charge on any atom is 0.264 e. The number of hydrogen-bond acceptors (Lipinski definition) is 5. The number of nitrogens with zero attached hydrogens (tertiary/aromatic N) is 1. The number of rotatable bonds is 7. The van der Waals surface area contributed by atoms with Gasteiger partial charge in [0.05, 0.1) is 17.8 Å². The molecule has 1 aromatic carbocycles. The highest BCUT2D eigenvalue weighted by molar-refractivity contribution is 6.34. The van der Waals surface area contributed by atoms with E-state index in [0.29, 0.717) is 34.5 Å². The number of carbonyl (C=O) groups excluding carboxylic acids is 2. The molecule has 2 unspecified atom stereocenters. The second-order valence-corrected chi connectivity index (χ2v) is 6.96. The minimum Gasteiger partial charge on any atom is -0.497 e. The van der Waals surface area contributed by atoms with E-state index in [0.717, 1.165) is 0 Å². The summed E-state index contributed by atoms with van der Waals surface area (Å²) in [5, 5.41) is 9.89. The summed E-state index contributed by atoms with van der Waals surface area (Å²) in [4.78, 5) is 29.5. The van der Waals surface area contributed by atoms with Crippen LogP contribution in [0, 0.1) is 5.92 Å². The molecule has 0 fully saturated rings. The second kappa shape index (κ2) is 8.89. The van der Waals surface area contributed by atoms with Crippen LogP contribution in [0.5, 0.6) is 5.75 Å². The first-order valence-corrected chi connectivity index (χ1v) is 8.84. The Labute approximate surface area is 158 Å². The zero-order chi connectivity index (χ0) is 19.3. The van der Waals surface area contributed by atoms with Crippen molar-refractivity contribution in [1.29, 1.82) is 0 Å². The summed E-state index contributed by atoms with van der Waals surface area (Å²) in [5.41, 5.74) is 1.22. The number of benzene rings is 1. The monoisotopic (exact) mass is 381 g/mol. The van der Waals surface area contributed by atoms with Gasteiger partial charge in [-0.25, -0.2) is 0 Å². The van der Waals surface area contributed by atoms with Gasteiger partial charge < -0.3 is 20.2 Å². The summed E-state index contributed by atoms with van der Waals surface area (Å²) in [6, 6.07) is 4.53. The highest BCUT2D eigenvalue weighted by Crippen LogP contribution is 2.27. The van der Waals surface area contributed by atoms with E-state index in [1.807, 2.05) is 13.8 Å². The van der Waals surface area contributed by atoms with Gasteiger partial charge in [-0.3, -0.25) is 9.59 Å². The molecule has 0 bridgehead atoms. The lowest BCUT2D eigenvalue weighted by atomic mass is 10.0. The van der Waals surface area contributed by atoms with Crippen LogP contribution in [0.1, 0.15) is 32.8 Å². The third kappa shape index (κ3) is 5.11. The molecule has 1 heterocycles. The van der Waals surface area contributed by atoms with E-state index in [-0.39, 0.29) is 12.3 Å². The average Bonchev–Trinajstić information content (AvgIpc) is 3.09. The molecular weight excluding hydrogens is 358 g/mol. The van der Waals surface area contributed by atoms with E-state index in [2.05, 4.69) is 15.8 Å². The average molecular weight is 382 g/mol. The Hall–Kier alpha value is -2.28. The Morgan fingerprint density at radius 3 is 2.77 bits per heavy atom. The molecule has 142 valence electrons. The molecule has 0 radical (unpaired) electrons. The minimum atomic E-state index is -0.799. The van der Waals surface area contributed by atoms with Gasteiger partial charge in [0.25, 0.3) is 5.91 Å². The molecular formula is C18H24ClN3O4. The summed E-state index contributed by atoms with van der Waals surface area (Å²) >= 11 is 6.20. The van der Waals surface area contributed by atoms with Crippen LogP contribution in [0.15, 0.2) is 23.4 Å². The predicted octanol–water partition coefficient (Wildman–Crippen LogP) is 2.12. The topological polar surface area (TPSA) is 89.0 Å². The van der Waals surface area contributed by atoms with E-state index in [1.165, 1.54) is 0 Å². The van der Waals surface area contributed by atoms with Crippen LogP contribution in [0.2, 0.25) is 5.02 Å². The smallest absolute Gasteiger partial charge is 0.264 e. The minimum absolute atomic E-state index is 0.234. The van der Waals surface area contributed by atoms with Gasteiger partial charge in [0.1, 0.15) is 11.8 Å². The fourth-order valence-electron chi connectivity index (χ4n) is 2.36. The van der Waals surface area contributed by atoms with Gasteiger partial charge in [0.15, 0.2) is 0 Å². The number of ether oxygens (including phenoxy) is 1. The maximum absolute atomic E-state index is 12.3. The van der Waals surface area contributed by atoms with Gasteiger partial charge in [-0.05, 0) is 31.0 Å². The predicted molar refractivity (Wildman–Crippen MR) is 99.5 cm³/mol. The third-order valence-corrected chi connectivity index (χ3v) is 4.21. The molecule has 0 saturated heterocycles. The molecule has 0 spiro atoms. The molecule has 7 nitrogen and oxygen atoms in total. The van der Waals surface area contributed by atoms with E-state index < -0.39 is 18.1 Å². The van der Waals surface area contributed by atoms with E-state index in [4.69, 9.17) is 21.2 Å². The number of oxime groups is 1. The van der Waals surface area contributed by atoms with Gasteiger partial charge in [-0.15, -0.1) is 0 Å². The van der Waals surface area contributed by atoms with Crippen molar-refractivity contribution >= 4 is 29.1 Å². The van der Waals surface area contributed by atoms with Crippen molar-refractivity contribution < 1.29 is 19.2 Å². The van der Waals surface area contributed by atoms with Gasteiger partial charge >= 0.3 is 0 Å². The van der Waals surface area contributed by atoms with Gasteiger partial charge in [-0.1, -0.05) is 30.6 Å². The summed E-state index contributed by atoms with van der Waals surface area (Å²) in [7, 11) is 1.56. The van der Waals surface area contributed by atoms with E-state index >= 15 is 0 Å². The largest absolute Gasteiger partial charge is 0.497 e. The Morgan fingerprint density at radius 2 is 2.12 bits per heavy atom. The lowest BCUT2D eigenvalue weighted by Gasteiger charge is -2.16. The summed E-state index contributed by atoms with van der Waals surface area (Å²) in [6.07, 6.45) is -0.536. The normalized spacial score (nSPS) is 17.3. The first-order valence-electron chi connectivity index (χ1n) is 8.46. The number of carbonyl (C=O) groups is 2. The molecule has 26 heavy (non-hydrogen) atoms. The molecule has 0 saturated carbocycles. The van der Waals surface area contributed by atoms with Crippen LogP contribution in [0.3, 0.4) is 0 Å². The fraction of sp³-hybridized carbons (Fsp3) is 0.500. The van der Waals surface area contributed by atoms with Crippen LogP contribution in [0.25, 0.3) is 0 Å². The quantitative estimate of drug-likeness (QED) is 0.757. The van der Waals surface area contributed by atoms with Crippen molar-refractivity contribution in [1.82, 2.24) is 10.6 Å². The Bertz CT molecular complexity index is 706. The molecule has 1 aromatic rings. The highest BCUT2D eigenvalue weighted by Gasteiger charge is 2.31. The third-order valence-electron chi connectivity index (χ3n) is 3.88. The van der Waals surface area contributed by atoms with Gasteiger partial charge in [0, 0.05) is 18.5 Å². The van der Waals surface area contributed by atoms with Gasteiger partial charge in [0.2, 0.25) is 12.0 Å². The number of methoxy groups -OCH3 is 1. The van der Waals surface area contributed by atoms with Gasteiger partial charge in [-0.2, -0.15) is 0 Å². The maximum atomic E-state index is 12.3. The molecule has 0 aliphatic carbocycles. The van der Waals surface area contributed by atoms with Crippen LogP contribution in [-0.4, -0.2) is 43.3 Å². The molecule has 8 heteroatoms. The fourth-order valence-corrected chi connectivity index (χ4v) is 2.59. The highest BCUT2D eigenvalue weighted by atomic mass is 35.5. The van der Waals surface area contributed by atoms with Crippen molar-refractivity contribution in [3.8, 4) is 5.75 Å². The zero-order valence-corrected chi connectivity index (χ0v) is 16.1. The number of hydrogen-bond donors (Lipinski definition) is 2. The molecule has 2 N–H and O–H groups in total. The van der Waals surface area contributed by atoms with Crippen molar-refractivity contribution in [2.75, 3.05) is 13.7 Å². The Kier molecular flexibility index (Phi) is 6.85. The molecule has 2 rings (SSSR count). The molecule has 2 atom stereocenters. The van der Waals surface area contributed by atoms with E-state index in [1.54, 1.807) is 32.2 Å². The lowest BCUT2D eigenvalue weighted by Crippen LogP contribution is -2.48. The summed E-state index contributed by atoms with van der Waals surface area (Å²) in [6.45, 7) is 6.18. The van der Waals surface area contributed by atoms with Crippen LogP contribution in [-0.2, 0) is 14.4 Å².